The number of nitriles is 1. The lowest BCUT2D eigenvalue weighted by molar-refractivity contribution is 0.0962. The van der Waals surface area contributed by atoms with Crippen molar-refractivity contribution in [2.45, 2.75) is 57.4 Å². The van der Waals surface area contributed by atoms with E-state index in [-0.39, 0.29) is 6.04 Å². The van der Waals surface area contributed by atoms with Gasteiger partial charge in [-0.15, -0.1) is 0 Å². The van der Waals surface area contributed by atoms with Gasteiger partial charge in [-0.2, -0.15) is 10.4 Å². The topological polar surface area (TPSA) is 62.9 Å². The van der Waals surface area contributed by atoms with Crippen molar-refractivity contribution in [2.24, 2.45) is 0 Å². The Morgan fingerprint density at radius 1 is 1.33 bits per heavy atom. The Labute approximate surface area is 142 Å². The summed E-state index contributed by atoms with van der Waals surface area (Å²) < 4.78 is 7.88. The van der Waals surface area contributed by atoms with Crippen LogP contribution in [0, 0.1) is 18.3 Å². The molecule has 2 aliphatic rings. The zero-order valence-corrected chi connectivity index (χ0v) is 14.1. The first-order chi connectivity index (χ1) is 11.7. The second kappa shape index (κ2) is 6.04. The Bertz CT molecular complexity index is 774. The largest absolute Gasteiger partial charge is 0.373 e. The monoisotopic (exact) mass is 322 g/mol. The molecule has 5 nitrogen and oxygen atoms in total. The van der Waals surface area contributed by atoms with E-state index in [1.54, 1.807) is 0 Å². The fourth-order valence-corrected chi connectivity index (χ4v) is 4.01. The summed E-state index contributed by atoms with van der Waals surface area (Å²) in [5.41, 5.74) is 3.98. The summed E-state index contributed by atoms with van der Waals surface area (Å²) in [5, 5.41) is 17.2. The molecule has 24 heavy (non-hydrogen) atoms. The molecule has 2 saturated heterocycles. The molecule has 0 spiro atoms. The van der Waals surface area contributed by atoms with Crippen molar-refractivity contribution in [3.63, 3.8) is 0 Å². The Hall–Kier alpha value is -2.16. The van der Waals surface area contributed by atoms with Crippen molar-refractivity contribution in [3.8, 4) is 11.8 Å². The molecule has 4 unspecified atom stereocenters. The van der Waals surface area contributed by atoms with Gasteiger partial charge >= 0.3 is 0 Å². The van der Waals surface area contributed by atoms with Crippen LogP contribution in [-0.2, 0) is 4.74 Å². The van der Waals surface area contributed by atoms with Crippen molar-refractivity contribution in [3.05, 3.63) is 47.3 Å². The zero-order valence-electron chi connectivity index (χ0n) is 14.1. The number of fused-ring (bicyclic) bond motifs is 2. The molecule has 2 bridgehead atoms. The third kappa shape index (κ3) is 2.62. The molecule has 0 radical (unpaired) electrons. The van der Waals surface area contributed by atoms with Gasteiger partial charge in [-0.05, 0) is 57.4 Å². The molecule has 2 aromatic rings. The van der Waals surface area contributed by atoms with Gasteiger partial charge in [-0.3, -0.25) is 0 Å². The average Bonchev–Trinajstić information content (AvgIpc) is 3.30. The van der Waals surface area contributed by atoms with Crippen LogP contribution in [0.5, 0.6) is 0 Å². The quantitative estimate of drug-likeness (QED) is 0.940. The van der Waals surface area contributed by atoms with Crippen LogP contribution in [-0.4, -0.2) is 28.0 Å². The maximum atomic E-state index is 8.92. The first-order valence-corrected chi connectivity index (χ1v) is 8.62. The molecular formula is C19H22N4O. The number of aromatic nitrogens is 2. The lowest BCUT2D eigenvalue weighted by Crippen LogP contribution is -2.39. The predicted molar refractivity (Wildman–Crippen MR) is 90.9 cm³/mol. The number of nitrogens with one attached hydrogen (secondary N) is 1. The van der Waals surface area contributed by atoms with E-state index in [4.69, 9.17) is 10.00 Å². The second-order valence-electron chi connectivity index (χ2n) is 6.86. The SMILES string of the molecule is Cc1c(C(C)NC2CC3CCC2O3)cnn1-c1ccc(C#N)cc1. The van der Waals surface area contributed by atoms with Crippen molar-refractivity contribution in [1.29, 1.82) is 5.26 Å². The minimum absolute atomic E-state index is 0.241. The normalized spacial score (nSPS) is 26.5. The highest BCUT2D eigenvalue weighted by Gasteiger charge is 2.41. The van der Waals surface area contributed by atoms with Gasteiger partial charge in [-0.1, -0.05) is 0 Å². The predicted octanol–water partition coefficient (Wildman–Crippen LogP) is 3.02. The fraction of sp³-hybridized carbons (Fsp3) is 0.474. The number of hydrogen-bond acceptors (Lipinski definition) is 4. The molecule has 0 saturated carbocycles. The minimum Gasteiger partial charge on any atom is -0.373 e. The van der Waals surface area contributed by atoms with Crippen LogP contribution in [0.3, 0.4) is 0 Å². The first kappa shape index (κ1) is 15.4. The van der Waals surface area contributed by atoms with Gasteiger partial charge in [0.1, 0.15) is 0 Å². The van der Waals surface area contributed by atoms with Gasteiger partial charge in [-0.25, -0.2) is 4.68 Å². The smallest absolute Gasteiger partial charge is 0.0991 e. The zero-order chi connectivity index (χ0) is 16.7. The van der Waals surface area contributed by atoms with Crippen molar-refractivity contribution in [1.82, 2.24) is 15.1 Å². The number of ether oxygens (including phenoxy) is 1. The molecule has 5 heteroatoms. The van der Waals surface area contributed by atoms with E-state index < -0.39 is 0 Å². The van der Waals surface area contributed by atoms with E-state index in [1.807, 2.05) is 35.1 Å². The van der Waals surface area contributed by atoms with Crippen molar-refractivity contribution >= 4 is 0 Å². The van der Waals surface area contributed by atoms with Gasteiger partial charge in [0, 0.05) is 23.3 Å². The van der Waals surface area contributed by atoms with Crippen LogP contribution in [0.15, 0.2) is 30.5 Å². The van der Waals surface area contributed by atoms with Gasteiger partial charge in [0.05, 0.1) is 35.7 Å². The number of nitrogens with zero attached hydrogens (tertiary/aromatic N) is 3. The Morgan fingerprint density at radius 2 is 2.12 bits per heavy atom. The highest BCUT2D eigenvalue weighted by molar-refractivity contribution is 5.41. The Kier molecular flexibility index (Phi) is 3.87. The Balaban J connectivity index is 1.52. The fourth-order valence-electron chi connectivity index (χ4n) is 4.01. The summed E-state index contributed by atoms with van der Waals surface area (Å²) in [6, 6.07) is 10.4. The minimum atomic E-state index is 0.241. The summed E-state index contributed by atoms with van der Waals surface area (Å²) in [7, 11) is 0. The number of rotatable bonds is 4. The highest BCUT2D eigenvalue weighted by atomic mass is 16.5. The van der Waals surface area contributed by atoms with Crippen LogP contribution < -0.4 is 5.32 Å². The summed E-state index contributed by atoms with van der Waals surface area (Å²) in [6.45, 7) is 4.29. The summed E-state index contributed by atoms with van der Waals surface area (Å²) in [6.07, 6.45) is 6.30. The van der Waals surface area contributed by atoms with Crippen LogP contribution >= 0.6 is 0 Å². The maximum Gasteiger partial charge on any atom is 0.0991 e. The first-order valence-electron chi connectivity index (χ1n) is 8.62. The van der Waals surface area contributed by atoms with E-state index >= 15 is 0 Å². The van der Waals surface area contributed by atoms with Gasteiger partial charge in [0.15, 0.2) is 0 Å². The van der Waals surface area contributed by atoms with Crippen molar-refractivity contribution < 1.29 is 4.74 Å². The molecule has 1 N–H and O–H groups in total. The molecular weight excluding hydrogens is 300 g/mol. The third-order valence-electron chi connectivity index (χ3n) is 5.33. The molecule has 0 amide bonds. The molecule has 2 fully saturated rings. The van der Waals surface area contributed by atoms with Crippen LogP contribution in [0.4, 0.5) is 0 Å². The lowest BCUT2D eigenvalue weighted by Gasteiger charge is -2.24. The average molecular weight is 322 g/mol. The molecule has 2 aliphatic heterocycles. The molecule has 4 rings (SSSR count). The molecule has 1 aromatic heterocycles. The summed E-state index contributed by atoms with van der Waals surface area (Å²) in [4.78, 5) is 0. The lowest BCUT2D eigenvalue weighted by atomic mass is 9.94. The third-order valence-corrected chi connectivity index (χ3v) is 5.33. The summed E-state index contributed by atoms with van der Waals surface area (Å²) in [5.74, 6) is 0. The van der Waals surface area contributed by atoms with Crippen LogP contribution in [0.25, 0.3) is 5.69 Å². The van der Waals surface area contributed by atoms with E-state index in [2.05, 4.69) is 30.3 Å². The molecule has 1 aromatic carbocycles. The van der Waals surface area contributed by atoms with E-state index in [9.17, 15) is 0 Å². The standard InChI is InChI=1S/C19H22N4O/c1-12(22-18-9-16-7-8-19(18)24-16)17-11-21-23(13(17)2)15-5-3-14(10-20)4-6-15/h3-6,11-12,16,18-19,22H,7-9H2,1-2H3. The van der Waals surface area contributed by atoms with Crippen LogP contribution in [0.2, 0.25) is 0 Å². The summed E-state index contributed by atoms with van der Waals surface area (Å²) >= 11 is 0. The van der Waals surface area contributed by atoms with E-state index in [1.165, 1.54) is 18.4 Å². The second-order valence-corrected chi connectivity index (χ2v) is 6.86. The number of hydrogen-bond donors (Lipinski definition) is 1. The molecule has 0 aliphatic carbocycles. The molecule has 124 valence electrons. The van der Waals surface area contributed by atoms with Gasteiger partial charge < -0.3 is 10.1 Å². The molecule has 3 heterocycles. The van der Waals surface area contributed by atoms with Gasteiger partial charge in [0.25, 0.3) is 0 Å². The van der Waals surface area contributed by atoms with Crippen molar-refractivity contribution in [2.75, 3.05) is 0 Å². The van der Waals surface area contributed by atoms with E-state index in [0.717, 1.165) is 17.8 Å². The number of benzene rings is 1. The Morgan fingerprint density at radius 3 is 2.75 bits per heavy atom. The van der Waals surface area contributed by atoms with E-state index in [0.29, 0.717) is 23.8 Å². The maximum absolute atomic E-state index is 8.92. The highest BCUT2D eigenvalue weighted by Crippen LogP contribution is 2.35. The molecule has 4 atom stereocenters. The van der Waals surface area contributed by atoms with Crippen LogP contribution in [0.1, 0.15) is 49.0 Å². The van der Waals surface area contributed by atoms with Gasteiger partial charge in [0.2, 0.25) is 0 Å².